The fraction of sp³-hybridized carbons (Fsp3) is 0.533. The highest BCUT2D eigenvalue weighted by Crippen LogP contribution is 2.20. The molecular formula is C15H21F4IN4. The van der Waals surface area contributed by atoms with Crippen LogP contribution in [0.15, 0.2) is 29.3 Å². The minimum atomic E-state index is -4.19. The van der Waals surface area contributed by atoms with Gasteiger partial charge in [0.1, 0.15) is 5.82 Å². The zero-order valence-corrected chi connectivity index (χ0v) is 15.6. The average molecular weight is 460 g/mol. The van der Waals surface area contributed by atoms with Crippen LogP contribution in [0.4, 0.5) is 23.2 Å². The Kier molecular flexibility index (Phi) is 8.04. The molecule has 0 aromatic heterocycles. The van der Waals surface area contributed by atoms with Crippen LogP contribution < -0.4 is 10.2 Å². The maximum atomic E-state index is 13.8. The first-order chi connectivity index (χ1) is 10.9. The molecule has 1 aromatic carbocycles. The number of para-hydroxylation sites is 1. The van der Waals surface area contributed by atoms with E-state index in [0.29, 0.717) is 37.8 Å². The molecule has 1 fully saturated rings. The summed E-state index contributed by atoms with van der Waals surface area (Å²) < 4.78 is 50.4. The largest absolute Gasteiger partial charge is 0.390 e. The fourth-order valence-electron chi connectivity index (χ4n) is 2.52. The van der Waals surface area contributed by atoms with Gasteiger partial charge in [-0.1, -0.05) is 12.1 Å². The molecule has 1 saturated heterocycles. The van der Waals surface area contributed by atoms with Crippen LogP contribution in [-0.2, 0) is 0 Å². The summed E-state index contributed by atoms with van der Waals surface area (Å²) in [7, 11) is 1.54. The first kappa shape index (κ1) is 20.8. The van der Waals surface area contributed by atoms with Gasteiger partial charge in [-0.25, -0.2) is 4.39 Å². The number of halogens is 5. The molecule has 1 aromatic rings. The third-order valence-electron chi connectivity index (χ3n) is 3.68. The molecule has 0 aliphatic carbocycles. The summed E-state index contributed by atoms with van der Waals surface area (Å²) in [6, 6.07) is 6.56. The molecule has 0 atom stereocenters. The summed E-state index contributed by atoms with van der Waals surface area (Å²) in [6.07, 6.45) is -5.09. The number of piperazine rings is 1. The minimum absolute atomic E-state index is 0. The molecular weight excluding hydrogens is 439 g/mol. The summed E-state index contributed by atoms with van der Waals surface area (Å²) in [5, 5.41) is 2.72. The Hall–Kier alpha value is -1.26. The van der Waals surface area contributed by atoms with E-state index in [0.717, 1.165) is 0 Å². The van der Waals surface area contributed by atoms with Gasteiger partial charge in [0.05, 0.1) is 12.1 Å². The van der Waals surface area contributed by atoms with Crippen molar-refractivity contribution >= 4 is 35.6 Å². The van der Waals surface area contributed by atoms with E-state index in [-0.39, 0.29) is 36.3 Å². The molecule has 9 heteroatoms. The lowest BCUT2D eigenvalue weighted by Gasteiger charge is -2.37. The highest BCUT2D eigenvalue weighted by molar-refractivity contribution is 14.0. The molecule has 4 nitrogen and oxygen atoms in total. The quantitative estimate of drug-likeness (QED) is 0.326. The van der Waals surface area contributed by atoms with Gasteiger partial charge in [-0.2, -0.15) is 13.2 Å². The molecule has 1 aliphatic rings. The van der Waals surface area contributed by atoms with Crippen LogP contribution in [0.5, 0.6) is 0 Å². The number of rotatable bonds is 3. The fourth-order valence-corrected chi connectivity index (χ4v) is 2.52. The summed E-state index contributed by atoms with van der Waals surface area (Å²) >= 11 is 0. The van der Waals surface area contributed by atoms with Gasteiger partial charge in [0.2, 0.25) is 0 Å². The van der Waals surface area contributed by atoms with Crippen molar-refractivity contribution in [2.75, 3.05) is 44.7 Å². The van der Waals surface area contributed by atoms with Crippen LogP contribution in [0.3, 0.4) is 0 Å². The SMILES string of the molecule is CN=C(NCCC(F)(F)F)N1CCN(c2ccccc2F)CC1.I. The summed E-state index contributed by atoms with van der Waals surface area (Å²) in [6.45, 7) is 2.10. The normalized spacial score (nSPS) is 16.0. The van der Waals surface area contributed by atoms with Crippen LogP contribution in [0, 0.1) is 5.82 Å². The van der Waals surface area contributed by atoms with Crippen molar-refractivity contribution in [2.45, 2.75) is 12.6 Å². The van der Waals surface area contributed by atoms with E-state index in [1.165, 1.54) is 6.07 Å². The van der Waals surface area contributed by atoms with Crippen LogP contribution in [0.1, 0.15) is 6.42 Å². The van der Waals surface area contributed by atoms with Gasteiger partial charge >= 0.3 is 6.18 Å². The Balaban J connectivity index is 0.00000288. The van der Waals surface area contributed by atoms with Crippen LogP contribution in [0.2, 0.25) is 0 Å². The van der Waals surface area contributed by atoms with E-state index >= 15 is 0 Å². The predicted octanol–water partition coefficient (Wildman–Crippen LogP) is 3.09. The molecule has 1 aliphatic heterocycles. The topological polar surface area (TPSA) is 30.9 Å². The molecule has 0 unspecified atom stereocenters. The molecule has 0 saturated carbocycles. The lowest BCUT2D eigenvalue weighted by Crippen LogP contribution is -2.53. The average Bonchev–Trinajstić information content (AvgIpc) is 2.51. The molecule has 0 spiro atoms. The van der Waals surface area contributed by atoms with Gasteiger partial charge in [0.15, 0.2) is 5.96 Å². The Morgan fingerprint density at radius 1 is 1.17 bits per heavy atom. The number of nitrogens with zero attached hydrogens (tertiary/aromatic N) is 3. The molecule has 2 rings (SSSR count). The Morgan fingerprint density at radius 2 is 1.79 bits per heavy atom. The number of guanidine groups is 1. The summed E-state index contributed by atoms with van der Waals surface area (Å²) in [5.74, 6) is 0.177. The number of nitrogens with one attached hydrogen (secondary N) is 1. The van der Waals surface area contributed by atoms with Crippen molar-refractivity contribution in [3.63, 3.8) is 0 Å². The number of hydrogen-bond donors (Lipinski definition) is 1. The van der Waals surface area contributed by atoms with Crippen molar-refractivity contribution in [3.05, 3.63) is 30.1 Å². The van der Waals surface area contributed by atoms with E-state index in [4.69, 9.17) is 0 Å². The second kappa shape index (κ2) is 9.28. The van der Waals surface area contributed by atoms with Crippen LogP contribution in [-0.4, -0.2) is 56.8 Å². The van der Waals surface area contributed by atoms with Crippen molar-refractivity contribution < 1.29 is 17.6 Å². The van der Waals surface area contributed by atoms with E-state index in [1.807, 2.05) is 9.80 Å². The van der Waals surface area contributed by atoms with Gasteiger partial charge in [-0.15, -0.1) is 24.0 Å². The third-order valence-corrected chi connectivity index (χ3v) is 3.68. The molecule has 1 N–H and O–H groups in total. The van der Waals surface area contributed by atoms with Crippen molar-refractivity contribution in [2.24, 2.45) is 4.99 Å². The first-order valence-corrected chi connectivity index (χ1v) is 7.42. The van der Waals surface area contributed by atoms with E-state index in [1.54, 1.807) is 25.2 Å². The van der Waals surface area contributed by atoms with Gasteiger partial charge in [0, 0.05) is 39.8 Å². The maximum Gasteiger partial charge on any atom is 0.390 e. The number of aliphatic imine (C=N–C) groups is 1. The highest BCUT2D eigenvalue weighted by Gasteiger charge is 2.27. The molecule has 0 radical (unpaired) electrons. The van der Waals surface area contributed by atoms with Gasteiger partial charge < -0.3 is 15.1 Å². The summed E-state index contributed by atoms with van der Waals surface area (Å²) in [5.41, 5.74) is 0.548. The molecule has 24 heavy (non-hydrogen) atoms. The number of hydrogen-bond acceptors (Lipinski definition) is 2. The van der Waals surface area contributed by atoms with Crippen molar-refractivity contribution in [3.8, 4) is 0 Å². The maximum absolute atomic E-state index is 13.8. The van der Waals surface area contributed by atoms with Gasteiger partial charge in [-0.3, -0.25) is 4.99 Å². The monoisotopic (exact) mass is 460 g/mol. The Bertz CT molecular complexity index is 543. The highest BCUT2D eigenvalue weighted by atomic mass is 127. The smallest absolute Gasteiger partial charge is 0.366 e. The van der Waals surface area contributed by atoms with E-state index in [2.05, 4.69) is 10.3 Å². The minimum Gasteiger partial charge on any atom is -0.366 e. The number of alkyl halides is 3. The van der Waals surface area contributed by atoms with Crippen molar-refractivity contribution in [1.82, 2.24) is 10.2 Å². The predicted molar refractivity (Wildman–Crippen MR) is 97.6 cm³/mol. The van der Waals surface area contributed by atoms with Gasteiger partial charge in [-0.05, 0) is 12.1 Å². The second-order valence-electron chi connectivity index (χ2n) is 5.26. The zero-order chi connectivity index (χ0) is 16.9. The molecule has 1 heterocycles. The standard InChI is InChI=1S/C15H20F4N4.HI/c1-20-14(21-7-6-15(17,18)19)23-10-8-22(9-11-23)13-5-3-2-4-12(13)16;/h2-5H,6-11H2,1H3,(H,20,21);1H. The first-order valence-electron chi connectivity index (χ1n) is 7.42. The number of anilines is 1. The zero-order valence-electron chi connectivity index (χ0n) is 13.3. The van der Waals surface area contributed by atoms with Crippen LogP contribution in [0.25, 0.3) is 0 Å². The van der Waals surface area contributed by atoms with Gasteiger partial charge in [0.25, 0.3) is 0 Å². The second-order valence-corrected chi connectivity index (χ2v) is 5.26. The van der Waals surface area contributed by atoms with Crippen molar-refractivity contribution in [1.29, 1.82) is 0 Å². The Labute approximate surface area is 155 Å². The van der Waals surface area contributed by atoms with Crippen LogP contribution >= 0.6 is 24.0 Å². The lowest BCUT2D eigenvalue weighted by molar-refractivity contribution is -0.132. The van der Waals surface area contributed by atoms with E-state index < -0.39 is 12.6 Å². The molecule has 136 valence electrons. The lowest BCUT2D eigenvalue weighted by atomic mass is 10.2. The number of benzene rings is 1. The summed E-state index contributed by atoms with van der Waals surface area (Å²) in [4.78, 5) is 7.83. The molecule has 0 bridgehead atoms. The van der Waals surface area contributed by atoms with E-state index in [9.17, 15) is 17.6 Å². The Morgan fingerprint density at radius 3 is 2.33 bits per heavy atom. The molecule has 0 amide bonds. The third kappa shape index (κ3) is 5.99.